The van der Waals surface area contributed by atoms with Crippen molar-refractivity contribution < 1.29 is 13.9 Å². The van der Waals surface area contributed by atoms with Crippen LogP contribution < -0.4 is 0 Å². The smallest absolute Gasteiger partial charge is 0.374 e. The van der Waals surface area contributed by atoms with Crippen LogP contribution in [0.1, 0.15) is 74.1 Å². The normalized spacial score (nSPS) is 11.1. The van der Waals surface area contributed by atoms with Gasteiger partial charge in [0.25, 0.3) is 0 Å². The maximum Gasteiger partial charge on any atom is 0.374 e. The van der Waals surface area contributed by atoms with E-state index in [2.05, 4.69) is 19.1 Å². The highest BCUT2D eigenvalue weighted by atomic mass is 16.5. The number of carbonyl (C=O) groups excluding carboxylic acids is 1. The van der Waals surface area contributed by atoms with Crippen molar-refractivity contribution in [2.45, 2.75) is 65.7 Å². The first-order chi connectivity index (χ1) is 11.2. The highest BCUT2D eigenvalue weighted by Crippen LogP contribution is 2.27. The first-order valence-electron chi connectivity index (χ1n) is 8.86. The van der Waals surface area contributed by atoms with Gasteiger partial charge in [-0.2, -0.15) is 0 Å². The van der Waals surface area contributed by atoms with Crippen LogP contribution >= 0.6 is 0 Å². The summed E-state index contributed by atoms with van der Waals surface area (Å²) in [5.41, 5.74) is 2.95. The van der Waals surface area contributed by atoms with Gasteiger partial charge in [0.15, 0.2) is 0 Å². The molecule has 0 spiro atoms. The molecule has 126 valence electrons. The van der Waals surface area contributed by atoms with Gasteiger partial charge in [0.2, 0.25) is 5.76 Å². The lowest BCUT2D eigenvalue weighted by Crippen LogP contribution is -2.04. The first kappa shape index (κ1) is 17.6. The van der Waals surface area contributed by atoms with E-state index in [1.54, 1.807) is 6.92 Å². The molecule has 0 saturated heterocycles. The van der Waals surface area contributed by atoms with Gasteiger partial charge in [0, 0.05) is 10.9 Å². The molecule has 0 unspecified atom stereocenters. The van der Waals surface area contributed by atoms with Gasteiger partial charge in [-0.05, 0) is 44.4 Å². The van der Waals surface area contributed by atoms with Gasteiger partial charge in [0.05, 0.1) is 6.61 Å². The summed E-state index contributed by atoms with van der Waals surface area (Å²) in [7, 11) is 0. The number of aryl methyl sites for hydroxylation is 2. The van der Waals surface area contributed by atoms with E-state index >= 15 is 0 Å². The Morgan fingerprint density at radius 1 is 1.09 bits per heavy atom. The summed E-state index contributed by atoms with van der Waals surface area (Å²) in [6.45, 7) is 6.33. The third kappa shape index (κ3) is 4.60. The molecule has 0 aliphatic heterocycles. The van der Waals surface area contributed by atoms with Crippen molar-refractivity contribution in [2.75, 3.05) is 6.61 Å². The molecule has 2 aromatic rings. The largest absolute Gasteiger partial charge is 0.460 e. The maximum absolute atomic E-state index is 11.9. The molecule has 0 aliphatic rings. The van der Waals surface area contributed by atoms with Crippen LogP contribution in [0.4, 0.5) is 0 Å². The lowest BCUT2D eigenvalue weighted by molar-refractivity contribution is 0.0491. The van der Waals surface area contributed by atoms with E-state index in [0.717, 1.165) is 23.0 Å². The van der Waals surface area contributed by atoms with Gasteiger partial charge >= 0.3 is 5.97 Å². The summed E-state index contributed by atoms with van der Waals surface area (Å²) < 4.78 is 10.7. The number of unbranched alkanes of at least 4 members (excludes halogenated alkanes) is 5. The molecule has 0 amide bonds. The monoisotopic (exact) mass is 316 g/mol. The molecule has 0 saturated carbocycles. The summed E-state index contributed by atoms with van der Waals surface area (Å²) in [6.07, 6.45) is 8.90. The Hall–Kier alpha value is -1.77. The molecule has 3 heteroatoms. The van der Waals surface area contributed by atoms with Crippen molar-refractivity contribution in [2.24, 2.45) is 0 Å². The third-order valence-corrected chi connectivity index (χ3v) is 4.28. The summed E-state index contributed by atoms with van der Waals surface area (Å²) in [6, 6.07) is 6.23. The predicted molar refractivity (Wildman–Crippen MR) is 94.0 cm³/mol. The van der Waals surface area contributed by atoms with Crippen LogP contribution in [0.25, 0.3) is 11.0 Å². The molecule has 2 rings (SSSR count). The number of fused-ring (bicyclic) bond motifs is 1. The zero-order valence-electron chi connectivity index (χ0n) is 14.6. The van der Waals surface area contributed by atoms with Crippen molar-refractivity contribution in [1.82, 2.24) is 0 Å². The molecule has 0 bridgehead atoms. The van der Waals surface area contributed by atoms with Crippen molar-refractivity contribution in [3.8, 4) is 0 Å². The SMILES string of the molecule is CCCCCCCCc1ccc2oc(C(=O)OCC)c(C)c2c1. The molecular formula is C20H28O3. The molecule has 1 aromatic carbocycles. The Balaban J connectivity index is 2.01. The Morgan fingerprint density at radius 2 is 1.83 bits per heavy atom. The average molecular weight is 316 g/mol. The number of hydrogen-bond acceptors (Lipinski definition) is 3. The van der Waals surface area contributed by atoms with E-state index in [1.165, 1.54) is 44.1 Å². The fraction of sp³-hybridized carbons (Fsp3) is 0.550. The second kappa shape index (κ2) is 8.76. The molecule has 1 aromatic heterocycles. The van der Waals surface area contributed by atoms with Crippen LogP contribution in [-0.4, -0.2) is 12.6 Å². The van der Waals surface area contributed by atoms with Crippen LogP contribution in [0.3, 0.4) is 0 Å². The molecule has 3 nitrogen and oxygen atoms in total. The fourth-order valence-electron chi connectivity index (χ4n) is 2.92. The molecular weight excluding hydrogens is 288 g/mol. The Kier molecular flexibility index (Phi) is 6.69. The second-order valence-electron chi connectivity index (χ2n) is 6.12. The molecule has 23 heavy (non-hydrogen) atoms. The lowest BCUT2D eigenvalue weighted by atomic mass is 10.0. The zero-order valence-corrected chi connectivity index (χ0v) is 14.6. The number of carbonyl (C=O) groups is 1. The lowest BCUT2D eigenvalue weighted by Gasteiger charge is -2.02. The standard InChI is InChI=1S/C20H28O3/c1-4-6-7-8-9-10-11-16-12-13-18-17(14-16)15(3)19(23-18)20(21)22-5-2/h12-14H,4-11H2,1-3H3. The minimum Gasteiger partial charge on any atom is -0.460 e. The fourth-order valence-corrected chi connectivity index (χ4v) is 2.92. The Morgan fingerprint density at radius 3 is 2.57 bits per heavy atom. The Bertz CT molecular complexity index is 640. The van der Waals surface area contributed by atoms with E-state index in [9.17, 15) is 4.79 Å². The van der Waals surface area contributed by atoms with Gasteiger partial charge in [-0.1, -0.05) is 45.1 Å². The van der Waals surface area contributed by atoms with Gasteiger partial charge in [-0.25, -0.2) is 4.79 Å². The minimum atomic E-state index is -0.376. The predicted octanol–water partition coefficient (Wildman–Crippen LogP) is 5.82. The summed E-state index contributed by atoms with van der Waals surface area (Å²) in [5.74, 6) is -0.0442. The highest BCUT2D eigenvalue weighted by Gasteiger charge is 2.18. The van der Waals surface area contributed by atoms with Gasteiger partial charge < -0.3 is 9.15 Å². The molecule has 0 atom stereocenters. The van der Waals surface area contributed by atoms with Gasteiger partial charge in [-0.3, -0.25) is 0 Å². The molecule has 1 heterocycles. The molecule has 0 aliphatic carbocycles. The third-order valence-electron chi connectivity index (χ3n) is 4.28. The number of hydrogen-bond donors (Lipinski definition) is 0. The number of esters is 1. The van der Waals surface area contributed by atoms with Gasteiger partial charge in [0.1, 0.15) is 5.58 Å². The van der Waals surface area contributed by atoms with Crippen LogP contribution in [0.15, 0.2) is 22.6 Å². The highest BCUT2D eigenvalue weighted by molar-refractivity contribution is 5.96. The van der Waals surface area contributed by atoms with E-state index in [4.69, 9.17) is 9.15 Å². The second-order valence-corrected chi connectivity index (χ2v) is 6.12. The maximum atomic E-state index is 11.9. The molecule has 0 N–H and O–H groups in total. The van der Waals surface area contributed by atoms with Crippen molar-refractivity contribution in [3.63, 3.8) is 0 Å². The number of benzene rings is 1. The minimum absolute atomic E-state index is 0.332. The Labute approximate surface area is 139 Å². The topological polar surface area (TPSA) is 39.4 Å². The van der Waals surface area contributed by atoms with Crippen molar-refractivity contribution in [3.05, 3.63) is 35.1 Å². The summed E-state index contributed by atoms with van der Waals surface area (Å²) in [4.78, 5) is 11.9. The van der Waals surface area contributed by atoms with Crippen LogP contribution in [0, 0.1) is 6.92 Å². The number of furan rings is 1. The van der Waals surface area contributed by atoms with Gasteiger partial charge in [-0.15, -0.1) is 0 Å². The zero-order chi connectivity index (χ0) is 16.7. The van der Waals surface area contributed by atoms with E-state index in [1.807, 2.05) is 13.0 Å². The summed E-state index contributed by atoms with van der Waals surface area (Å²) >= 11 is 0. The van der Waals surface area contributed by atoms with E-state index in [-0.39, 0.29) is 5.97 Å². The molecule has 0 radical (unpaired) electrons. The first-order valence-corrected chi connectivity index (χ1v) is 8.86. The van der Waals surface area contributed by atoms with E-state index < -0.39 is 0 Å². The van der Waals surface area contributed by atoms with Crippen LogP contribution in [-0.2, 0) is 11.2 Å². The number of ether oxygens (including phenoxy) is 1. The van der Waals surface area contributed by atoms with Crippen molar-refractivity contribution in [1.29, 1.82) is 0 Å². The quantitative estimate of drug-likeness (QED) is 0.432. The van der Waals surface area contributed by atoms with Crippen LogP contribution in [0.2, 0.25) is 0 Å². The van der Waals surface area contributed by atoms with E-state index in [0.29, 0.717) is 12.4 Å². The summed E-state index contributed by atoms with van der Waals surface area (Å²) in [5, 5.41) is 1.02. The number of rotatable bonds is 9. The van der Waals surface area contributed by atoms with Crippen molar-refractivity contribution >= 4 is 16.9 Å². The molecule has 0 fully saturated rings. The van der Waals surface area contributed by atoms with Crippen LogP contribution in [0.5, 0.6) is 0 Å². The average Bonchev–Trinajstić information content (AvgIpc) is 2.88.